The Kier molecular flexibility index (Phi) is 2.26. The van der Waals surface area contributed by atoms with E-state index < -0.39 is 0 Å². The van der Waals surface area contributed by atoms with E-state index in [4.69, 9.17) is 5.11 Å². The Hall–Kier alpha value is -0.610. The molecule has 2 rings (SSSR count). The molecule has 4 heteroatoms. The zero-order valence-electron chi connectivity index (χ0n) is 7.87. The number of hydrogen-bond acceptors (Lipinski definition) is 4. The monoisotopic (exact) mass is 198 g/mol. The van der Waals surface area contributed by atoms with Crippen molar-refractivity contribution in [2.45, 2.75) is 38.8 Å². The van der Waals surface area contributed by atoms with Gasteiger partial charge in [0.25, 0.3) is 0 Å². The van der Waals surface area contributed by atoms with E-state index in [-0.39, 0.29) is 6.10 Å². The predicted octanol–water partition coefficient (Wildman–Crippen LogP) is 1.70. The average Bonchev–Trinajstić information content (AvgIpc) is 2.28. The summed E-state index contributed by atoms with van der Waals surface area (Å²) in [5, 5.41) is 13.4. The highest BCUT2D eigenvalue weighted by molar-refractivity contribution is 7.15. The van der Waals surface area contributed by atoms with Crippen molar-refractivity contribution in [3.05, 3.63) is 10.6 Å². The molecule has 1 heterocycles. The van der Waals surface area contributed by atoms with E-state index >= 15 is 0 Å². The van der Waals surface area contributed by atoms with Crippen molar-refractivity contribution in [1.82, 2.24) is 4.98 Å². The van der Waals surface area contributed by atoms with E-state index in [9.17, 15) is 0 Å². The Morgan fingerprint density at radius 3 is 2.62 bits per heavy atom. The number of nitrogens with zero attached hydrogens (tertiary/aromatic N) is 1. The third-order valence-electron chi connectivity index (χ3n) is 2.47. The van der Waals surface area contributed by atoms with Gasteiger partial charge in [-0.3, -0.25) is 0 Å². The summed E-state index contributed by atoms with van der Waals surface area (Å²) in [4.78, 5) is 5.65. The van der Waals surface area contributed by atoms with Crippen LogP contribution in [0.25, 0.3) is 0 Å². The van der Waals surface area contributed by atoms with Crippen LogP contribution in [0.15, 0.2) is 0 Å². The SMILES string of the molecule is Cc1nc(NC2CC(O)C2)sc1C. The molecule has 1 fully saturated rings. The molecule has 3 nitrogen and oxygen atoms in total. The van der Waals surface area contributed by atoms with Gasteiger partial charge in [-0.2, -0.15) is 0 Å². The highest BCUT2D eigenvalue weighted by atomic mass is 32.1. The van der Waals surface area contributed by atoms with E-state index in [1.54, 1.807) is 11.3 Å². The van der Waals surface area contributed by atoms with Crippen molar-refractivity contribution >= 4 is 16.5 Å². The topological polar surface area (TPSA) is 45.2 Å². The number of anilines is 1. The first-order valence-corrected chi connectivity index (χ1v) is 5.35. The van der Waals surface area contributed by atoms with Gasteiger partial charge in [0, 0.05) is 10.9 Å². The molecule has 0 spiro atoms. The normalized spacial score (nSPS) is 27.0. The van der Waals surface area contributed by atoms with Crippen LogP contribution < -0.4 is 5.32 Å². The number of aliphatic hydroxyl groups excluding tert-OH is 1. The molecule has 1 aromatic heterocycles. The lowest BCUT2D eigenvalue weighted by Gasteiger charge is -2.31. The Balaban J connectivity index is 1.95. The van der Waals surface area contributed by atoms with E-state index in [0.717, 1.165) is 23.7 Å². The summed E-state index contributed by atoms with van der Waals surface area (Å²) in [7, 11) is 0. The lowest BCUT2D eigenvalue weighted by Crippen LogP contribution is -2.38. The van der Waals surface area contributed by atoms with Crippen LogP contribution in [0.2, 0.25) is 0 Å². The molecule has 0 bridgehead atoms. The molecule has 0 atom stereocenters. The number of aliphatic hydroxyl groups is 1. The fourth-order valence-electron chi connectivity index (χ4n) is 1.41. The Labute approximate surface area is 81.8 Å². The van der Waals surface area contributed by atoms with Crippen molar-refractivity contribution in [3.63, 3.8) is 0 Å². The van der Waals surface area contributed by atoms with Crippen LogP contribution >= 0.6 is 11.3 Å². The summed E-state index contributed by atoms with van der Waals surface area (Å²) in [5.74, 6) is 0. The molecule has 0 saturated heterocycles. The molecule has 0 unspecified atom stereocenters. The van der Waals surface area contributed by atoms with Gasteiger partial charge >= 0.3 is 0 Å². The highest BCUT2D eigenvalue weighted by Crippen LogP contribution is 2.27. The molecular formula is C9H14N2OS. The van der Waals surface area contributed by atoms with Crippen LogP contribution in [0, 0.1) is 13.8 Å². The van der Waals surface area contributed by atoms with Crippen molar-refractivity contribution in [2.24, 2.45) is 0 Å². The molecule has 13 heavy (non-hydrogen) atoms. The van der Waals surface area contributed by atoms with Gasteiger partial charge in [0.1, 0.15) is 0 Å². The van der Waals surface area contributed by atoms with Gasteiger partial charge < -0.3 is 10.4 Å². The number of nitrogens with one attached hydrogen (secondary N) is 1. The van der Waals surface area contributed by atoms with Crippen LogP contribution in [0.1, 0.15) is 23.4 Å². The Morgan fingerprint density at radius 1 is 1.46 bits per heavy atom. The van der Waals surface area contributed by atoms with Gasteiger partial charge in [0.2, 0.25) is 0 Å². The smallest absolute Gasteiger partial charge is 0.183 e. The quantitative estimate of drug-likeness (QED) is 0.760. The molecule has 72 valence electrons. The lowest BCUT2D eigenvalue weighted by atomic mass is 9.90. The molecule has 0 amide bonds. The van der Waals surface area contributed by atoms with Crippen molar-refractivity contribution in [3.8, 4) is 0 Å². The zero-order chi connectivity index (χ0) is 9.42. The molecular weight excluding hydrogens is 184 g/mol. The van der Waals surface area contributed by atoms with Gasteiger partial charge in [-0.15, -0.1) is 11.3 Å². The minimum absolute atomic E-state index is 0.0975. The Bertz CT molecular complexity index is 285. The largest absolute Gasteiger partial charge is 0.393 e. The van der Waals surface area contributed by atoms with Gasteiger partial charge in [-0.25, -0.2) is 4.98 Å². The summed E-state index contributed by atoms with van der Waals surface area (Å²) in [6, 6.07) is 0.431. The fourth-order valence-corrected chi connectivity index (χ4v) is 2.31. The first-order chi connectivity index (χ1) is 6.15. The maximum atomic E-state index is 9.10. The summed E-state index contributed by atoms with van der Waals surface area (Å²) < 4.78 is 0. The lowest BCUT2D eigenvalue weighted by molar-refractivity contribution is 0.0836. The van der Waals surface area contributed by atoms with Gasteiger partial charge in [-0.05, 0) is 26.7 Å². The van der Waals surface area contributed by atoms with Gasteiger partial charge in [0.05, 0.1) is 11.8 Å². The van der Waals surface area contributed by atoms with Gasteiger partial charge in [-0.1, -0.05) is 0 Å². The number of rotatable bonds is 2. The molecule has 1 aliphatic carbocycles. The summed E-state index contributed by atoms with van der Waals surface area (Å²) in [6.45, 7) is 4.10. The third kappa shape index (κ3) is 1.84. The predicted molar refractivity (Wildman–Crippen MR) is 54.2 cm³/mol. The molecule has 0 aliphatic heterocycles. The molecule has 2 N–H and O–H groups in total. The number of aryl methyl sites for hydroxylation is 2. The second kappa shape index (κ2) is 3.27. The maximum Gasteiger partial charge on any atom is 0.183 e. The Morgan fingerprint density at radius 2 is 2.15 bits per heavy atom. The average molecular weight is 198 g/mol. The molecule has 1 aromatic rings. The van der Waals surface area contributed by atoms with Crippen LogP contribution in [-0.2, 0) is 0 Å². The molecule has 1 saturated carbocycles. The standard InChI is InChI=1S/C9H14N2OS/c1-5-6(2)13-9(10-5)11-7-3-8(12)4-7/h7-8,12H,3-4H2,1-2H3,(H,10,11). The maximum absolute atomic E-state index is 9.10. The highest BCUT2D eigenvalue weighted by Gasteiger charge is 2.27. The van der Waals surface area contributed by atoms with E-state index in [1.165, 1.54) is 4.88 Å². The van der Waals surface area contributed by atoms with Crippen molar-refractivity contribution < 1.29 is 5.11 Å². The number of aromatic nitrogens is 1. The zero-order valence-corrected chi connectivity index (χ0v) is 8.69. The van der Waals surface area contributed by atoms with Crippen LogP contribution in [-0.4, -0.2) is 22.2 Å². The second-order valence-corrected chi connectivity index (χ2v) is 4.83. The molecule has 0 radical (unpaired) electrons. The number of thiazole rings is 1. The molecule has 0 aromatic carbocycles. The summed E-state index contributed by atoms with van der Waals surface area (Å²) in [5.41, 5.74) is 1.10. The van der Waals surface area contributed by atoms with Crippen molar-refractivity contribution in [2.75, 3.05) is 5.32 Å². The minimum Gasteiger partial charge on any atom is -0.393 e. The third-order valence-corrected chi connectivity index (χ3v) is 3.47. The van der Waals surface area contributed by atoms with E-state index in [1.807, 2.05) is 6.92 Å². The van der Waals surface area contributed by atoms with Crippen LogP contribution in [0.3, 0.4) is 0 Å². The summed E-state index contributed by atoms with van der Waals surface area (Å²) >= 11 is 1.69. The van der Waals surface area contributed by atoms with E-state index in [0.29, 0.717) is 6.04 Å². The fraction of sp³-hybridized carbons (Fsp3) is 0.667. The second-order valence-electron chi connectivity index (χ2n) is 3.63. The number of hydrogen-bond donors (Lipinski definition) is 2. The minimum atomic E-state index is -0.0975. The summed E-state index contributed by atoms with van der Waals surface area (Å²) in [6.07, 6.45) is 1.62. The first-order valence-electron chi connectivity index (χ1n) is 4.54. The van der Waals surface area contributed by atoms with Crippen LogP contribution in [0.5, 0.6) is 0 Å². The van der Waals surface area contributed by atoms with Crippen LogP contribution in [0.4, 0.5) is 5.13 Å². The van der Waals surface area contributed by atoms with E-state index in [2.05, 4.69) is 17.2 Å². The van der Waals surface area contributed by atoms with Crippen molar-refractivity contribution in [1.29, 1.82) is 0 Å². The first kappa shape index (κ1) is 8.97. The van der Waals surface area contributed by atoms with Gasteiger partial charge in [0.15, 0.2) is 5.13 Å². The molecule has 1 aliphatic rings.